The topological polar surface area (TPSA) is 97.1 Å². The molecule has 2 aromatic rings. The summed E-state index contributed by atoms with van der Waals surface area (Å²) in [7, 11) is 0. The Labute approximate surface area is 144 Å². The van der Waals surface area contributed by atoms with Gasteiger partial charge in [0.15, 0.2) is 0 Å². The van der Waals surface area contributed by atoms with E-state index < -0.39 is 0 Å². The molecule has 0 saturated carbocycles. The number of carbonyl (C=O) groups excluding carboxylic acids is 2. The average molecular weight is 355 g/mol. The highest BCUT2D eigenvalue weighted by Crippen LogP contribution is 2.11. The van der Waals surface area contributed by atoms with E-state index in [-0.39, 0.29) is 24.2 Å². The van der Waals surface area contributed by atoms with Crippen molar-refractivity contribution in [1.29, 1.82) is 0 Å². The van der Waals surface area contributed by atoms with Gasteiger partial charge in [-0.25, -0.2) is 4.98 Å². The van der Waals surface area contributed by atoms with E-state index in [0.29, 0.717) is 25.2 Å². The quantitative estimate of drug-likeness (QED) is 0.738. The summed E-state index contributed by atoms with van der Waals surface area (Å²) in [5.74, 6) is -0.316. The largest absolute Gasteiger partial charge is 0.347 e. The molecule has 124 valence electrons. The minimum absolute atomic E-state index is 0. The molecule has 0 aliphatic heterocycles. The maximum atomic E-state index is 12.0. The number of rotatable bonds is 6. The number of amides is 2. The molecule has 4 N–H and O–H groups in total. The van der Waals surface area contributed by atoms with Crippen molar-refractivity contribution in [3.05, 3.63) is 45.9 Å². The van der Waals surface area contributed by atoms with Gasteiger partial charge < -0.3 is 16.4 Å². The Kier molecular flexibility index (Phi) is 7.67. The Bertz CT molecular complexity index is 658. The predicted octanol–water partition coefficient (Wildman–Crippen LogP) is 1.95. The number of hydrogen-bond acceptors (Lipinski definition) is 5. The fraction of sp³-hybridized carbons (Fsp3) is 0.267. The number of nitrogens with two attached hydrogens (primary N) is 1. The van der Waals surface area contributed by atoms with Crippen LogP contribution in [0.15, 0.2) is 29.6 Å². The molecule has 0 unspecified atom stereocenters. The maximum Gasteiger partial charge on any atom is 0.271 e. The van der Waals surface area contributed by atoms with Crippen molar-refractivity contribution >= 4 is 41.2 Å². The first-order valence-corrected chi connectivity index (χ1v) is 7.75. The number of nitrogens with one attached hydrogen (secondary N) is 2. The standard InChI is InChI=1S/C15H18N4O2S.ClH/c1-10(20)18-12-4-2-11(3-5-12)8-17-15(21)13-9-22-14(19-13)6-7-16;/h2-5,9H,6-8,16H2,1H3,(H,17,21)(H,18,20);1H. The second kappa shape index (κ2) is 9.24. The molecule has 1 aromatic carbocycles. The summed E-state index contributed by atoms with van der Waals surface area (Å²) in [6.07, 6.45) is 0.683. The number of nitrogens with zero attached hydrogens (tertiary/aromatic N) is 1. The molecule has 1 aromatic heterocycles. The maximum absolute atomic E-state index is 12.0. The Morgan fingerprint density at radius 1 is 1.26 bits per heavy atom. The molecule has 0 bridgehead atoms. The zero-order chi connectivity index (χ0) is 15.9. The van der Waals surface area contributed by atoms with Crippen LogP contribution >= 0.6 is 23.7 Å². The molecule has 0 aliphatic rings. The molecule has 8 heteroatoms. The third kappa shape index (κ3) is 5.97. The van der Waals surface area contributed by atoms with Gasteiger partial charge in [0.2, 0.25) is 5.91 Å². The third-order valence-electron chi connectivity index (χ3n) is 2.87. The highest BCUT2D eigenvalue weighted by Gasteiger charge is 2.10. The molecule has 0 spiro atoms. The summed E-state index contributed by atoms with van der Waals surface area (Å²) in [5, 5.41) is 8.11. The van der Waals surface area contributed by atoms with Gasteiger partial charge >= 0.3 is 0 Å². The van der Waals surface area contributed by atoms with Gasteiger partial charge in [0.05, 0.1) is 5.01 Å². The lowest BCUT2D eigenvalue weighted by molar-refractivity contribution is -0.114. The SMILES string of the molecule is CC(=O)Nc1ccc(CNC(=O)c2csc(CCN)n2)cc1.Cl. The third-order valence-corrected chi connectivity index (χ3v) is 3.78. The summed E-state index contributed by atoms with van der Waals surface area (Å²) in [5.41, 5.74) is 7.56. The average Bonchev–Trinajstić information content (AvgIpc) is 2.95. The van der Waals surface area contributed by atoms with Crippen LogP contribution in [0.3, 0.4) is 0 Å². The van der Waals surface area contributed by atoms with Crippen LogP contribution in [0, 0.1) is 0 Å². The summed E-state index contributed by atoms with van der Waals surface area (Å²) in [6, 6.07) is 7.30. The van der Waals surface area contributed by atoms with Crippen molar-refractivity contribution in [3.63, 3.8) is 0 Å². The molecule has 2 rings (SSSR count). The van der Waals surface area contributed by atoms with Crippen molar-refractivity contribution in [1.82, 2.24) is 10.3 Å². The zero-order valence-electron chi connectivity index (χ0n) is 12.7. The molecule has 23 heavy (non-hydrogen) atoms. The van der Waals surface area contributed by atoms with Gasteiger partial charge in [0.1, 0.15) is 5.69 Å². The summed E-state index contributed by atoms with van der Waals surface area (Å²) in [6.45, 7) is 2.39. The minimum atomic E-state index is -0.203. The van der Waals surface area contributed by atoms with Gasteiger partial charge in [-0.3, -0.25) is 9.59 Å². The molecular formula is C15H19ClN4O2S. The first-order valence-electron chi connectivity index (χ1n) is 6.87. The fourth-order valence-electron chi connectivity index (χ4n) is 1.84. The first-order chi connectivity index (χ1) is 10.6. The van der Waals surface area contributed by atoms with Gasteiger partial charge in [-0.05, 0) is 24.2 Å². The second-order valence-corrected chi connectivity index (χ2v) is 5.67. The minimum Gasteiger partial charge on any atom is -0.347 e. The highest BCUT2D eigenvalue weighted by atomic mass is 35.5. The normalized spacial score (nSPS) is 9.83. The van der Waals surface area contributed by atoms with Crippen LogP contribution in [0.2, 0.25) is 0 Å². The summed E-state index contributed by atoms with van der Waals surface area (Å²) in [4.78, 5) is 27.2. The van der Waals surface area contributed by atoms with Gasteiger partial charge in [-0.15, -0.1) is 23.7 Å². The summed E-state index contributed by atoms with van der Waals surface area (Å²) >= 11 is 1.44. The number of thiazole rings is 1. The molecule has 0 fully saturated rings. The monoisotopic (exact) mass is 354 g/mol. The Hall–Kier alpha value is -1.96. The molecule has 0 radical (unpaired) electrons. The van der Waals surface area contributed by atoms with Crippen molar-refractivity contribution in [2.45, 2.75) is 19.9 Å². The second-order valence-electron chi connectivity index (χ2n) is 4.73. The lowest BCUT2D eigenvalue weighted by Gasteiger charge is -2.06. The van der Waals surface area contributed by atoms with Crippen LogP contribution in [-0.2, 0) is 17.8 Å². The fourth-order valence-corrected chi connectivity index (χ4v) is 2.63. The lowest BCUT2D eigenvalue weighted by atomic mass is 10.2. The lowest BCUT2D eigenvalue weighted by Crippen LogP contribution is -2.23. The molecule has 0 atom stereocenters. The highest BCUT2D eigenvalue weighted by molar-refractivity contribution is 7.09. The van der Waals surface area contributed by atoms with Crippen molar-refractivity contribution < 1.29 is 9.59 Å². The van der Waals surface area contributed by atoms with Crippen LogP contribution in [0.1, 0.15) is 28.0 Å². The van der Waals surface area contributed by atoms with Crippen molar-refractivity contribution in [2.24, 2.45) is 5.73 Å². The van der Waals surface area contributed by atoms with Crippen LogP contribution in [0.4, 0.5) is 5.69 Å². The number of halogens is 1. The van der Waals surface area contributed by atoms with E-state index in [1.54, 1.807) is 17.5 Å². The zero-order valence-corrected chi connectivity index (χ0v) is 14.3. The number of carbonyl (C=O) groups is 2. The van der Waals surface area contributed by atoms with Crippen LogP contribution in [0.25, 0.3) is 0 Å². The van der Waals surface area contributed by atoms with Gasteiger partial charge in [-0.1, -0.05) is 12.1 Å². The Balaban J connectivity index is 0.00000264. The number of hydrogen-bond donors (Lipinski definition) is 3. The van der Waals surface area contributed by atoms with Gasteiger partial charge in [0.25, 0.3) is 5.91 Å². The van der Waals surface area contributed by atoms with Crippen molar-refractivity contribution in [3.8, 4) is 0 Å². The van der Waals surface area contributed by atoms with E-state index in [1.165, 1.54) is 18.3 Å². The molecule has 0 aliphatic carbocycles. The van der Waals surface area contributed by atoms with Gasteiger partial charge in [0, 0.05) is 31.0 Å². The van der Waals surface area contributed by atoms with E-state index in [1.807, 2.05) is 12.1 Å². The number of anilines is 1. The van der Waals surface area contributed by atoms with Crippen LogP contribution in [0.5, 0.6) is 0 Å². The molecule has 0 saturated heterocycles. The molecular weight excluding hydrogens is 336 g/mol. The molecule has 6 nitrogen and oxygen atoms in total. The molecule has 1 heterocycles. The Morgan fingerprint density at radius 2 is 1.96 bits per heavy atom. The first kappa shape index (κ1) is 19.1. The Morgan fingerprint density at radius 3 is 2.57 bits per heavy atom. The van der Waals surface area contributed by atoms with E-state index in [2.05, 4.69) is 15.6 Å². The predicted molar refractivity (Wildman–Crippen MR) is 94.0 cm³/mol. The van der Waals surface area contributed by atoms with Crippen LogP contribution < -0.4 is 16.4 Å². The number of benzene rings is 1. The smallest absolute Gasteiger partial charge is 0.271 e. The van der Waals surface area contributed by atoms with Crippen LogP contribution in [-0.4, -0.2) is 23.3 Å². The van der Waals surface area contributed by atoms with E-state index in [9.17, 15) is 9.59 Å². The van der Waals surface area contributed by atoms with Crippen molar-refractivity contribution in [2.75, 3.05) is 11.9 Å². The van der Waals surface area contributed by atoms with E-state index in [4.69, 9.17) is 5.73 Å². The van der Waals surface area contributed by atoms with E-state index in [0.717, 1.165) is 16.3 Å². The molecule has 2 amide bonds. The number of aromatic nitrogens is 1. The van der Waals surface area contributed by atoms with E-state index >= 15 is 0 Å². The van der Waals surface area contributed by atoms with Gasteiger partial charge in [-0.2, -0.15) is 0 Å². The summed E-state index contributed by atoms with van der Waals surface area (Å²) < 4.78 is 0.